The lowest BCUT2D eigenvalue weighted by molar-refractivity contribution is -0.137. The summed E-state index contributed by atoms with van der Waals surface area (Å²) in [5.41, 5.74) is 0.576. The molecule has 0 atom stereocenters. The molecule has 0 fully saturated rings. The number of methoxy groups -OCH3 is 2. The summed E-state index contributed by atoms with van der Waals surface area (Å²) >= 11 is 6.16. The highest BCUT2D eigenvalue weighted by Gasteiger charge is 2.31. The molecule has 0 radical (unpaired) electrons. The maximum atomic E-state index is 13.1. The van der Waals surface area contributed by atoms with Crippen molar-refractivity contribution in [1.82, 2.24) is 4.98 Å². The zero-order valence-corrected chi connectivity index (χ0v) is 15.9. The SMILES string of the molecule is COC(=O)c1c(C)c(-c2cccc(C(F)(F)F)c2)nc2cc(Cl)c(OC)cc12. The number of ether oxygens (including phenoxy) is 2. The predicted molar refractivity (Wildman–Crippen MR) is 99.8 cm³/mol. The lowest BCUT2D eigenvalue weighted by Gasteiger charge is -2.15. The standard InChI is InChI=1S/C20H15ClF3NO3/c1-10-17(19(26)28-3)13-8-16(27-2)14(21)9-15(13)25-18(10)11-5-4-6-12(7-11)20(22,23)24/h4-9H,1-3H3. The molecule has 2 aromatic carbocycles. The Labute approximate surface area is 163 Å². The van der Waals surface area contributed by atoms with Crippen molar-refractivity contribution in [2.45, 2.75) is 13.1 Å². The van der Waals surface area contributed by atoms with Crippen molar-refractivity contribution in [2.75, 3.05) is 14.2 Å². The first kappa shape index (κ1) is 19.9. The van der Waals surface area contributed by atoms with Gasteiger partial charge in [-0.15, -0.1) is 0 Å². The van der Waals surface area contributed by atoms with E-state index >= 15 is 0 Å². The molecule has 1 aromatic heterocycles. The van der Waals surface area contributed by atoms with Crippen LogP contribution >= 0.6 is 11.6 Å². The largest absolute Gasteiger partial charge is 0.495 e. The van der Waals surface area contributed by atoms with E-state index in [1.165, 1.54) is 32.4 Å². The summed E-state index contributed by atoms with van der Waals surface area (Å²) in [7, 11) is 2.66. The molecule has 4 nitrogen and oxygen atoms in total. The average molecular weight is 410 g/mol. The molecule has 8 heteroatoms. The molecule has 1 heterocycles. The fourth-order valence-corrected chi connectivity index (χ4v) is 3.24. The monoisotopic (exact) mass is 409 g/mol. The number of esters is 1. The van der Waals surface area contributed by atoms with Crippen molar-refractivity contribution in [1.29, 1.82) is 0 Å². The number of hydrogen-bond acceptors (Lipinski definition) is 4. The van der Waals surface area contributed by atoms with Crippen LogP contribution in [-0.2, 0) is 10.9 Å². The molecular formula is C20H15ClF3NO3. The third-order valence-corrected chi connectivity index (χ3v) is 4.65. The van der Waals surface area contributed by atoms with Crippen molar-refractivity contribution in [3.63, 3.8) is 0 Å². The normalized spacial score (nSPS) is 11.5. The number of rotatable bonds is 3. The predicted octanol–water partition coefficient (Wildman–Crippen LogP) is 5.68. The Bertz CT molecular complexity index is 1080. The molecule has 28 heavy (non-hydrogen) atoms. The van der Waals surface area contributed by atoms with Crippen LogP contribution in [0.4, 0.5) is 13.2 Å². The van der Waals surface area contributed by atoms with Crippen molar-refractivity contribution in [3.05, 3.63) is 58.1 Å². The van der Waals surface area contributed by atoms with Crippen LogP contribution in [0.25, 0.3) is 22.2 Å². The number of halogens is 4. The van der Waals surface area contributed by atoms with E-state index < -0.39 is 17.7 Å². The molecule has 0 aliphatic heterocycles. The van der Waals surface area contributed by atoms with Gasteiger partial charge in [-0.25, -0.2) is 9.78 Å². The smallest absolute Gasteiger partial charge is 0.416 e. The highest BCUT2D eigenvalue weighted by atomic mass is 35.5. The van der Waals surface area contributed by atoms with Crippen LogP contribution in [0, 0.1) is 6.92 Å². The number of alkyl halides is 3. The number of hydrogen-bond donors (Lipinski definition) is 0. The molecule has 0 amide bonds. The number of nitrogens with zero attached hydrogens (tertiary/aromatic N) is 1. The van der Waals surface area contributed by atoms with Gasteiger partial charge in [0.1, 0.15) is 5.75 Å². The first-order valence-corrected chi connectivity index (χ1v) is 8.49. The van der Waals surface area contributed by atoms with Gasteiger partial charge in [0.2, 0.25) is 0 Å². The van der Waals surface area contributed by atoms with Gasteiger partial charge in [0.25, 0.3) is 0 Å². The van der Waals surface area contributed by atoms with E-state index in [9.17, 15) is 18.0 Å². The van der Waals surface area contributed by atoms with Crippen LogP contribution in [-0.4, -0.2) is 25.2 Å². The van der Waals surface area contributed by atoms with Crippen LogP contribution in [0.2, 0.25) is 5.02 Å². The maximum absolute atomic E-state index is 13.1. The molecule has 146 valence electrons. The third-order valence-electron chi connectivity index (χ3n) is 4.35. The van der Waals surface area contributed by atoms with Crippen LogP contribution in [0.15, 0.2) is 36.4 Å². The summed E-state index contributed by atoms with van der Waals surface area (Å²) < 4.78 is 49.4. The van der Waals surface area contributed by atoms with E-state index in [2.05, 4.69) is 4.98 Å². The zero-order chi connectivity index (χ0) is 20.6. The first-order valence-electron chi connectivity index (χ1n) is 8.11. The van der Waals surface area contributed by atoms with E-state index in [1.54, 1.807) is 13.0 Å². The third kappa shape index (κ3) is 3.49. The minimum atomic E-state index is -4.50. The molecule has 0 N–H and O–H groups in total. The summed E-state index contributed by atoms with van der Waals surface area (Å²) in [6.45, 7) is 1.61. The molecule has 0 aliphatic carbocycles. The van der Waals surface area contributed by atoms with E-state index in [0.717, 1.165) is 12.1 Å². The summed E-state index contributed by atoms with van der Waals surface area (Å²) in [5.74, 6) is -0.296. The van der Waals surface area contributed by atoms with Crippen LogP contribution in [0.3, 0.4) is 0 Å². The van der Waals surface area contributed by atoms with Crippen LogP contribution < -0.4 is 4.74 Å². The highest BCUT2D eigenvalue weighted by molar-refractivity contribution is 6.33. The lowest BCUT2D eigenvalue weighted by Crippen LogP contribution is -2.09. The minimum absolute atomic E-state index is 0.190. The zero-order valence-electron chi connectivity index (χ0n) is 15.1. The van der Waals surface area contributed by atoms with Gasteiger partial charge in [0.15, 0.2) is 0 Å². The molecule has 0 saturated heterocycles. The Balaban J connectivity index is 2.36. The van der Waals surface area contributed by atoms with Crippen molar-refractivity contribution in [2.24, 2.45) is 0 Å². The van der Waals surface area contributed by atoms with Gasteiger partial charge >= 0.3 is 12.1 Å². The Morgan fingerprint density at radius 1 is 1.14 bits per heavy atom. The molecule has 0 unspecified atom stereocenters. The van der Waals surface area contributed by atoms with Gasteiger partial charge in [-0.05, 0) is 36.8 Å². The van der Waals surface area contributed by atoms with Gasteiger partial charge in [0, 0.05) is 10.9 Å². The van der Waals surface area contributed by atoms with Crippen molar-refractivity contribution in [3.8, 4) is 17.0 Å². The summed E-state index contributed by atoms with van der Waals surface area (Å²) in [6.07, 6.45) is -4.50. The Hall–Kier alpha value is -2.80. The van der Waals surface area contributed by atoms with Crippen LogP contribution in [0.1, 0.15) is 21.5 Å². The summed E-state index contributed by atoms with van der Waals surface area (Å²) in [4.78, 5) is 16.9. The summed E-state index contributed by atoms with van der Waals surface area (Å²) in [5, 5.41) is 0.693. The maximum Gasteiger partial charge on any atom is 0.416 e. The van der Waals surface area contributed by atoms with Gasteiger partial charge < -0.3 is 9.47 Å². The minimum Gasteiger partial charge on any atom is -0.495 e. The molecule has 0 saturated carbocycles. The molecule has 0 bridgehead atoms. The van der Waals surface area contributed by atoms with Gasteiger partial charge in [-0.1, -0.05) is 23.7 Å². The second-order valence-corrected chi connectivity index (χ2v) is 6.44. The van der Waals surface area contributed by atoms with Crippen molar-refractivity contribution >= 4 is 28.5 Å². The molecular weight excluding hydrogens is 395 g/mol. The summed E-state index contributed by atoms with van der Waals surface area (Å²) in [6, 6.07) is 7.82. The van der Waals surface area contributed by atoms with E-state index in [4.69, 9.17) is 21.1 Å². The molecule has 0 spiro atoms. The quantitative estimate of drug-likeness (QED) is 0.522. The number of benzene rings is 2. The number of fused-ring (bicyclic) bond motifs is 1. The Kier molecular flexibility index (Phi) is 5.21. The number of pyridine rings is 1. The van der Waals surface area contributed by atoms with Crippen molar-refractivity contribution < 1.29 is 27.4 Å². The topological polar surface area (TPSA) is 48.4 Å². The fourth-order valence-electron chi connectivity index (χ4n) is 3.01. The fraction of sp³-hybridized carbons (Fsp3) is 0.200. The Morgan fingerprint density at radius 3 is 2.46 bits per heavy atom. The van der Waals surface area contributed by atoms with Crippen LogP contribution in [0.5, 0.6) is 5.75 Å². The van der Waals surface area contributed by atoms with E-state index in [1.807, 2.05) is 0 Å². The number of carbonyl (C=O) groups excluding carboxylic acids is 1. The van der Waals surface area contributed by atoms with E-state index in [-0.39, 0.29) is 21.8 Å². The molecule has 0 aliphatic rings. The second kappa shape index (κ2) is 7.31. The number of carbonyl (C=O) groups is 1. The highest BCUT2D eigenvalue weighted by Crippen LogP contribution is 2.37. The van der Waals surface area contributed by atoms with Gasteiger partial charge in [-0.3, -0.25) is 0 Å². The molecule has 3 aromatic rings. The lowest BCUT2D eigenvalue weighted by atomic mass is 9.96. The van der Waals surface area contributed by atoms with Gasteiger partial charge in [0.05, 0.1) is 41.6 Å². The number of aromatic nitrogens is 1. The average Bonchev–Trinajstić information content (AvgIpc) is 2.66. The van der Waals surface area contributed by atoms with Gasteiger partial charge in [-0.2, -0.15) is 13.2 Å². The first-order chi connectivity index (χ1) is 13.2. The van der Waals surface area contributed by atoms with E-state index in [0.29, 0.717) is 22.2 Å². The molecule has 3 rings (SSSR count). The second-order valence-electron chi connectivity index (χ2n) is 6.03. The Morgan fingerprint density at radius 2 is 1.86 bits per heavy atom.